The van der Waals surface area contributed by atoms with Gasteiger partial charge >= 0.3 is 39.7 Å². The summed E-state index contributed by atoms with van der Waals surface area (Å²) >= 11 is 0. The molecule has 0 aliphatic carbocycles. The van der Waals surface area contributed by atoms with Crippen molar-refractivity contribution in [3.63, 3.8) is 0 Å². The van der Waals surface area contributed by atoms with E-state index >= 15 is 0 Å². The molecule has 0 radical (unpaired) electrons. The Labute approximate surface area is 50.7 Å². The van der Waals surface area contributed by atoms with Crippen LogP contribution in [0, 0.1) is 0 Å². The van der Waals surface area contributed by atoms with Gasteiger partial charge in [-0.1, -0.05) is 0 Å². The summed E-state index contributed by atoms with van der Waals surface area (Å²) in [5.74, 6) is 0. The van der Waals surface area contributed by atoms with Crippen LogP contribution >= 0.6 is 0 Å². The predicted molar refractivity (Wildman–Crippen MR) is 22.9 cm³/mol. The molecule has 0 rings (SSSR count). The molecule has 4 heteroatoms. The Bertz CT molecular complexity index is 6.00. The zero-order valence-electron chi connectivity index (χ0n) is 1.00. The fraction of sp³-hybridized carbons (Fsp3) is 0. The fourth-order valence-corrected chi connectivity index (χ4v) is 0. The summed E-state index contributed by atoms with van der Waals surface area (Å²) in [6.07, 6.45) is 0. The maximum atomic E-state index is 0. The van der Waals surface area contributed by atoms with E-state index in [0.29, 0.717) is 0 Å². The number of hydrogen-bond donors (Lipinski definition) is 0. The first-order valence-corrected chi connectivity index (χ1v) is 0. The molecule has 0 spiro atoms. The minimum atomic E-state index is 0. The van der Waals surface area contributed by atoms with Gasteiger partial charge in [-0.3, -0.25) is 0 Å². The van der Waals surface area contributed by atoms with Crippen LogP contribution < -0.4 is 0 Å². The molecule has 2 nitrogen and oxygen atoms in total. The van der Waals surface area contributed by atoms with Crippen LogP contribution in [-0.2, 0) is 0 Å². The molecule has 0 aliphatic heterocycles. The second-order valence-corrected chi connectivity index (χ2v) is 0. The van der Waals surface area contributed by atoms with Crippen LogP contribution in [0.25, 0.3) is 0 Å². The molecule has 0 amide bonds. The molecule has 0 unspecified atom stereocenters. The van der Waals surface area contributed by atoms with E-state index in [0.717, 1.165) is 0 Å². The molecule has 4 N–H and O–H groups in total. The average Bonchev–Trinajstić information content (AvgIpc) is 0. The predicted octanol–water partition coefficient (Wildman–Crippen LogP) is -3.21. The maximum absolute atomic E-state index is 0. The molecule has 0 aromatic carbocycles. The molecular weight excluding hydrogens is 64.0 g/mol. The van der Waals surface area contributed by atoms with Gasteiger partial charge in [-0.2, -0.15) is 0 Å². The van der Waals surface area contributed by atoms with Crippen LogP contribution in [0.15, 0.2) is 0 Å². The second kappa shape index (κ2) is 32.9. The van der Waals surface area contributed by atoms with Gasteiger partial charge in [0.05, 0.1) is 0 Å². The van der Waals surface area contributed by atoms with E-state index in [1.54, 1.807) is 0 Å². The van der Waals surface area contributed by atoms with Crippen LogP contribution in [0.4, 0.5) is 0 Å². The molecular formula is H7BeNaO2. The molecule has 0 bridgehead atoms. The van der Waals surface area contributed by atoms with Gasteiger partial charge in [-0.25, -0.2) is 0 Å². The zero-order chi connectivity index (χ0) is 0. The topological polar surface area (TPSA) is 63.0 Å². The molecule has 0 aromatic heterocycles. The van der Waals surface area contributed by atoms with Crippen molar-refractivity contribution in [3.8, 4) is 0 Å². The van der Waals surface area contributed by atoms with Gasteiger partial charge in [0, 0.05) is 0 Å². The minimum absolute atomic E-state index is 0. The van der Waals surface area contributed by atoms with Gasteiger partial charge in [0.15, 0.2) is 0 Å². The Morgan fingerprint density at radius 3 is 0.750 bits per heavy atom. The van der Waals surface area contributed by atoms with Crippen LogP contribution in [0.2, 0.25) is 0 Å². The Hall–Kier alpha value is 1.09. The summed E-state index contributed by atoms with van der Waals surface area (Å²) < 4.78 is 0. The van der Waals surface area contributed by atoms with Crippen molar-refractivity contribution < 1.29 is 11.0 Å². The van der Waals surface area contributed by atoms with Crippen molar-refractivity contribution in [1.29, 1.82) is 0 Å². The van der Waals surface area contributed by atoms with E-state index < -0.39 is 0 Å². The van der Waals surface area contributed by atoms with Gasteiger partial charge in [0.25, 0.3) is 0 Å². The molecule has 0 aliphatic rings. The third kappa shape index (κ3) is 11.4. The third-order valence-electron chi connectivity index (χ3n) is 0. The Balaban J connectivity index is 0. The van der Waals surface area contributed by atoms with E-state index in [9.17, 15) is 0 Å². The zero-order valence-corrected chi connectivity index (χ0v) is 1.00. The first-order chi connectivity index (χ1) is 0. The molecule has 22 valence electrons. The van der Waals surface area contributed by atoms with Crippen molar-refractivity contribution in [2.24, 2.45) is 0 Å². The Kier molecular flexibility index (Phi) is 590. The van der Waals surface area contributed by atoms with E-state index in [1.165, 1.54) is 0 Å². The van der Waals surface area contributed by atoms with E-state index in [-0.39, 0.29) is 50.6 Å². The quantitative estimate of drug-likeness (QED) is 0.270. The monoisotopic (exact) mass is 71.0 g/mol. The summed E-state index contributed by atoms with van der Waals surface area (Å²) in [4.78, 5) is 0. The fourth-order valence-electron chi connectivity index (χ4n) is 0. The molecule has 0 heterocycles. The van der Waals surface area contributed by atoms with Crippen LogP contribution in [0.3, 0.4) is 0 Å². The summed E-state index contributed by atoms with van der Waals surface area (Å²) in [5, 5.41) is 0. The molecule has 0 fully saturated rings. The summed E-state index contributed by atoms with van der Waals surface area (Å²) in [7, 11) is 0. The first kappa shape index (κ1) is 71.8. The Morgan fingerprint density at radius 2 is 0.750 bits per heavy atom. The first-order valence-electron chi connectivity index (χ1n) is 0. The van der Waals surface area contributed by atoms with E-state index in [4.69, 9.17) is 0 Å². The number of hydrogen-bond acceptors (Lipinski definition) is 0. The summed E-state index contributed by atoms with van der Waals surface area (Å²) in [6.45, 7) is 0. The van der Waals surface area contributed by atoms with Gasteiger partial charge in [-0.05, 0) is 0 Å². The number of rotatable bonds is 0. The third-order valence-corrected chi connectivity index (χ3v) is 0. The van der Waals surface area contributed by atoms with Crippen molar-refractivity contribution >= 4 is 39.7 Å². The molecule has 0 saturated heterocycles. The van der Waals surface area contributed by atoms with E-state index in [2.05, 4.69) is 0 Å². The van der Waals surface area contributed by atoms with Crippen LogP contribution in [-0.4, -0.2) is 50.6 Å². The van der Waals surface area contributed by atoms with Crippen molar-refractivity contribution in [2.75, 3.05) is 0 Å². The van der Waals surface area contributed by atoms with Crippen molar-refractivity contribution in [2.45, 2.75) is 0 Å². The average molecular weight is 71.1 g/mol. The Morgan fingerprint density at radius 1 is 0.750 bits per heavy atom. The van der Waals surface area contributed by atoms with Crippen molar-refractivity contribution in [3.05, 3.63) is 0 Å². The van der Waals surface area contributed by atoms with Gasteiger partial charge < -0.3 is 11.0 Å². The summed E-state index contributed by atoms with van der Waals surface area (Å²) in [5.41, 5.74) is 0. The molecule has 4 heavy (non-hydrogen) atoms. The van der Waals surface area contributed by atoms with Gasteiger partial charge in [0.2, 0.25) is 0 Å². The SMILES string of the molecule is O.O.[BeH2].[NaH]. The molecule has 0 atom stereocenters. The van der Waals surface area contributed by atoms with Crippen LogP contribution in [0.5, 0.6) is 0 Å². The summed E-state index contributed by atoms with van der Waals surface area (Å²) in [6, 6.07) is 0. The van der Waals surface area contributed by atoms with Crippen molar-refractivity contribution in [1.82, 2.24) is 0 Å². The van der Waals surface area contributed by atoms with Crippen LogP contribution in [0.1, 0.15) is 0 Å². The second-order valence-electron chi connectivity index (χ2n) is 0. The van der Waals surface area contributed by atoms with Gasteiger partial charge in [0.1, 0.15) is 0 Å². The standard InChI is InChI=1S/Be.Na.2H2O.3H/h;;2*1H2;;;. The molecule has 0 aromatic rings. The van der Waals surface area contributed by atoms with E-state index in [1.807, 2.05) is 0 Å². The molecule has 0 saturated carbocycles. The van der Waals surface area contributed by atoms with Gasteiger partial charge in [-0.15, -0.1) is 0 Å². The normalized spacial score (nSPS) is 0.